The van der Waals surface area contributed by atoms with Crippen LogP contribution in [0.25, 0.3) is 6.08 Å². The number of rotatable bonds is 6. The third-order valence-electron chi connectivity index (χ3n) is 4.93. The molecule has 1 aromatic carbocycles. The Labute approximate surface area is 158 Å². The minimum Gasteiger partial charge on any atom is -0.482 e. The van der Waals surface area contributed by atoms with Crippen LogP contribution in [-0.4, -0.2) is 55.7 Å². The lowest BCUT2D eigenvalue weighted by Crippen LogP contribution is -2.57. The number of hydrogen-bond donors (Lipinski definition) is 1. The lowest BCUT2D eigenvalue weighted by molar-refractivity contribution is -0.151. The van der Waals surface area contributed by atoms with Gasteiger partial charge in [-0.1, -0.05) is 18.6 Å². The Bertz CT molecular complexity index is 704. The minimum atomic E-state index is -0.338. The zero-order valence-electron chi connectivity index (χ0n) is 15.4. The Balaban J connectivity index is 1.77. The number of hydrogen-bond acceptors (Lipinski definition) is 4. The molecule has 2 atom stereocenters. The summed E-state index contributed by atoms with van der Waals surface area (Å²) in [6, 6.07) is 5.76. The Kier molecular flexibility index (Phi) is 6.45. The highest BCUT2D eigenvalue weighted by atomic mass is 19.1. The Morgan fingerprint density at radius 3 is 2.81 bits per heavy atom. The van der Waals surface area contributed by atoms with Gasteiger partial charge in [-0.25, -0.2) is 4.39 Å². The second-order valence-electron chi connectivity index (χ2n) is 6.84. The molecule has 2 unspecified atom stereocenters. The standard InChI is InChI=1S/C20H25FN2O4/c1-26-11-10-22-19(24)13-23-16-4-2-3-5-17(16)27-18(20(23)25)12-14-6-8-15(21)9-7-14/h6-9,12,16-17H,2-5,10-11,13H2,1H3,(H,22,24)/b18-12+. The number of amides is 2. The number of halogens is 1. The molecule has 27 heavy (non-hydrogen) atoms. The molecular weight excluding hydrogens is 351 g/mol. The quantitative estimate of drug-likeness (QED) is 0.610. The molecule has 0 spiro atoms. The van der Waals surface area contributed by atoms with Crippen molar-refractivity contribution in [3.05, 3.63) is 41.4 Å². The smallest absolute Gasteiger partial charge is 0.289 e. The van der Waals surface area contributed by atoms with Gasteiger partial charge in [0.05, 0.1) is 12.6 Å². The van der Waals surface area contributed by atoms with Crippen LogP contribution in [0.1, 0.15) is 31.2 Å². The summed E-state index contributed by atoms with van der Waals surface area (Å²) in [7, 11) is 1.57. The number of fused-ring (bicyclic) bond motifs is 1. The second-order valence-corrected chi connectivity index (χ2v) is 6.84. The lowest BCUT2D eigenvalue weighted by Gasteiger charge is -2.44. The number of ether oxygens (including phenoxy) is 2. The molecule has 2 aliphatic rings. The summed E-state index contributed by atoms with van der Waals surface area (Å²) >= 11 is 0. The van der Waals surface area contributed by atoms with Crippen LogP contribution in [0, 0.1) is 5.82 Å². The first-order valence-corrected chi connectivity index (χ1v) is 9.29. The van der Waals surface area contributed by atoms with E-state index < -0.39 is 0 Å². The van der Waals surface area contributed by atoms with E-state index in [-0.39, 0.29) is 42.1 Å². The minimum absolute atomic E-state index is 0.00612. The maximum Gasteiger partial charge on any atom is 0.289 e. The molecule has 0 bridgehead atoms. The zero-order valence-corrected chi connectivity index (χ0v) is 15.4. The lowest BCUT2D eigenvalue weighted by atomic mass is 9.89. The van der Waals surface area contributed by atoms with Crippen LogP contribution < -0.4 is 5.32 Å². The van der Waals surface area contributed by atoms with E-state index >= 15 is 0 Å². The normalized spacial score (nSPS) is 23.7. The van der Waals surface area contributed by atoms with Gasteiger partial charge in [-0.2, -0.15) is 0 Å². The van der Waals surface area contributed by atoms with Crippen molar-refractivity contribution < 1.29 is 23.5 Å². The number of nitrogens with zero attached hydrogens (tertiary/aromatic N) is 1. The largest absolute Gasteiger partial charge is 0.482 e. The Morgan fingerprint density at radius 1 is 1.33 bits per heavy atom. The van der Waals surface area contributed by atoms with Crippen LogP contribution in [-0.2, 0) is 19.1 Å². The highest BCUT2D eigenvalue weighted by molar-refractivity contribution is 5.98. The molecule has 146 valence electrons. The fraction of sp³-hybridized carbons (Fsp3) is 0.500. The summed E-state index contributed by atoms with van der Waals surface area (Å²) in [6.07, 6.45) is 5.22. The number of benzene rings is 1. The van der Waals surface area contributed by atoms with Crippen LogP contribution in [0.4, 0.5) is 4.39 Å². The van der Waals surface area contributed by atoms with E-state index in [0.717, 1.165) is 25.7 Å². The van der Waals surface area contributed by atoms with Gasteiger partial charge in [-0.15, -0.1) is 0 Å². The van der Waals surface area contributed by atoms with Crippen molar-refractivity contribution in [3.8, 4) is 0 Å². The molecule has 7 heteroatoms. The van der Waals surface area contributed by atoms with E-state index in [4.69, 9.17) is 9.47 Å². The fourth-order valence-electron chi connectivity index (χ4n) is 3.58. The molecule has 0 aromatic heterocycles. The molecule has 1 saturated carbocycles. The predicted octanol–water partition coefficient (Wildman–Crippen LogP) is 2.10. The second kappa shape index (κ2) is 8.99. The van der Waals surface area contributed by atoms with Gasteiger partial charge in [0.15, 0.2) is 5.76 Å². The highest BCUT2D eigenvalue weighted by Crippen LogP contribution is 2.33. The van der Waals surface area contributed by atoms with Crippen LogP contribution in [0.5, 0.6) is 0 Å². The van der Waals surface area contributed by atoms with Crippen molar-refractivity contribution in [1.29, 1.82) is 0 Å². The molecule has 2 fully saturated rings. The van der Waals surface area contributed by atoms with Gasteiger partial charge >= 0.3 is 0 Å². The maximum absolute atomic E-state index is 13.1. The van der Waals surface area contributed by atoms with Crippen molar-refractivity contribution in [1.82, 2.24) is 10.2 Å². The first kappa shape index (κ1) is 19.4. The Morgan fingerprint density at radius 2 is 2.07 bits per heavy atom. The summed E-state index contributed by atoms with van der Waals surface area (Å²) in [5, 5.41) is 2.76. The summed E-state index contributed by atoms with van der Waals surface area (Å²) < 4.78 is 24.0. The Hall–Kier alpha value is -2.41. The molecule has 1 N–H and O–H groups in total. The van der Waals surface area contributed by atoms with Crippen molar-refractivity contribution in [2.45, 2.75) is 37.8 Å². The number of carbonyl (C=O) groups excluding carboxylic acids is 2. The van der Waals surface area contributed by atoms with Crippen LogP contribution >= 0.6 is 0 Å². The molecule has 1 aliphatic heterocycles. The highest BCUT2D eigenvalue weighted by Gasteiger charge is 2.42. The molecule has 6 nitrogen and oxygen atoms in total. The van der Waals surface area contributed by atoms with Crippen LogP contribution in [0.2, 0.25) is 0 Å². The van der Waals surface area contributed by atoms with E-state index in [2.05, 4.69) is 5.32 Å². The first-order valence-electron chi connectivity index (χ1n) is 9.29. The van der Waals surface area contributed by atoms with E-state index in [1.165, 1.54) is 12.1 Å². The number of morpholine rings is 1. The summed E-state index contributed by atoms with van der Waals surface area (Å²) in [5.41, 5.74) is 0.679. The van der Waals surface area contributed by atoms with Crippen molar-refractivity contribution in [3.63, 3.8) is 0 Å². The van der Waals surface area contributed by atoms with Gasteiger partial charge in [-0.3, -0.25) is 9.59 Å². The van der Waals surface area contributed by atoms with Gasteiger partial charge in [0.25, 0.3) is 5.91 Å². The zero-order chi connectivity index (χ0) is 19.2. The topological polar surface area (TPSA) is 67.9 Å². The third kappa shape index (κ3) is 4.86. The summed E-state index contributed by atoms with van der Waals surface area (Å²) in [6.45, 7) is 0.818. The average molecular weight is 376 g/mol. The van der Waals surface area contributed by atoms with E-state index in [1.807, 2.05) is 0 Å². The first-order chi connectivity index (χ1) is 13.1. The number of carbonyl (C=O) groups is 2. The third-order valence-corrected chi connectivity index (χ3v) is 4.93. The van der Waals surface area contributed by atoms with E-state index in [9.17, 15) is 14.0 Å². The molecular formula is C20H25FN2O4. The molecule has 0 radical (unpaired) electrons. The SMILES string of the molecule is COCCNC(=O)CN1C(=O)/C(=C\c2ccc(F)cc2)OC2CCCCC21. The van der Waals surface area contributed by atoms with Crippen molar-refractivity contribution >= 4 is 17.9 Å². The van der Waals surface area contributed by atoms with Gasteiger partial charge in [0, 0.05) is 13.7 Å². The van der Waals surface area contributed by atoms with Crippen LogP contribution in [0.15, 0.2) is 30.0 Å². The van der Waals surface area contributed by atoms with Gasteiger partial charge < -0.3 is 19.7 Å². The van der Waals surface area contributed by atoms with E-state index in [1.54, 1.807) is 30.2 Å². The fourth-order valence-corrected chi connectivity index (χ4v) is 3.58. The monoisotopic (exact) mass is 376 g/mol. The molecule has 1 heterocycles. The van der Waals surface area contributed by atoms with Gasteiger partial charge in [-0.05, 0) is 43.0 Å². The maximum atomic E-state index is 13.1. The molecule has 1 aliphatic carbocycles. The average Bonchev–Trinajstić information content (AvgIpc) is 2.67. The van der Waals surface area contributed by atoms with Gasteiger partial charge in [0.1, 0.15) is 18.5 Å². The van der Waals surface area contributed by atoms with Gasteiger partial charge in [0.2, 0.25) is 5.91 Å². The van der Waals surface area contributed by atoms with Crippen LogP contribution in [0.3, 0.4) is 0 Å². The molecule has 1 saturated heterocycles. The molecule has 1 aromatic rings. The van der Waals surface area contributed by atoms with Crippen molar-refractivity contribution in [2.75, 3.05) is 26.8 Å². The predicted molar refractivity (Wildman–Crippen MR) is 98.1 cm³/mol. The van der Waals surface area contributed by atoms with Crippen molar-refractivity contribution in [2.24, 2.45) is 0 Å². The number of nitrogens with one attached hydrogen (secondary N) is 1. The molecule has 3 rings (SSSR count). The van der Waals surface area contributed by atoms with E-state index in [0.29, 0.717) is 18.7 Å². The summed E-state index contributed by atoms with van der Waals surface area (Å²) in [4.78, 5) is 26.8. The summed E-state index contributed by atoms with van der Waals surface area (Å²) in [5.74, 6) is -0.652. The number of methoxy groups -OCH3 is 1. The molecule has 2 amide bonds.